The third-order valence-corrected chi connectivity index (χ3v) is 4.93. The zero-order valence-corrected chi connectivity index (χ0v) is 12.1. The van der Waals surface area contributed by atoms with E-state index in [2.05, 4.69) is 15.9 Å². The number of hydrogen-bond donors (Lipinski definition) is 1. The third kappa shape index (κ3) is 2.88. The van der Waals surface area contributed by atoms with Crippen LogP contribution in [0.15, 0.2) is 33.6 Å². The van der Waals surface area contributed by atoms with Gasteiger partial charge < -0.3 is 5.11 Å². The van der Waals surface area contributed by atoms with E-state index in [0.717, 1.165) is 18.4 Å². The third-order valence-electron chi connectivity index (χ3n) is 2.08. The molecule has 2 rings (SSSR count). The first kappa shape index (κ1) is 13.0. The van der Waals surface area contributed by atoms with Gasteiger partial charge in [0.1, 0.15) is 11.6 Å². The van der Waals surface area contributed by atoms with Crippen molar-refractivity contribution in [2.45, 2.75) is 0 Å². The van der Waals surface area contributed by atoms with Gasteiger partial charge in [-0.05, 0) is 46.3 Å². The van der Waals surface area contributed by atoms with E-state index in [4.69, 9.17) is 10.4 Å². The minimum Gasteiger partial charge on any atom is -0.477 e. The van der Waals surface area contributed by atoms with Crippen molar-refractivity contribution in [2.75, 3.05) is 0 Å². The molecule has 0 spiro atoms. The molecule has 90 valence electrons. The minimum atomic E-state index is -1.20. The molecule has 0 saturated heterocycles. The molecule has 0 saturated carbocycles. The number of halogens is 1. The molecular formula is C12H6BrNO2S2. The lowest BCUT2D eigenvalue weighted by molar-refractivity contribution is -0.132. The van der Waals surface area contributed by atoms with E-state index >= 15 is 0 Å². The summed E-state index contributed by atoms with van der Waals surface area (Å²) in [5.74, 6) is -1.20. The summed E-state index contributed by atoms with van der Waals surface area (Å²) in [6, 6.07) is 9.36. The van der Waals surface area contributed by atoms with E-state index in [1.165, 1.54) is 17.4 Å². The Morgan fingerprint density at radius 3 is 2.50 bits per heavy atom. The van der Waals surface area contributed by atoms with E-state index in [9.17, 15) is 4.79 Å². The maximum Gasteiger partial charge on any atom is 0.346 e. The summed E-state index contributed by atoms with van der Waals surface area (Å²) in [6.45, 7) is 0. The smallest absolute Gasteiger partial charge is 0.346 e. The molecule has 6 heteroatoms. The second-order valence-electron chi connectivity index (χ2n) is 3.28. The molecule has 0 amide bonds. The van der Waals surface area contributed by atoms with Crippen LogP contribution in [-0.2, 0) is 4.79 Å². The highest BCUT2D eigenvalue weighted by atomic mass is 79.9. The molecule has 1 N–H and O–H groups in total. The van der Waals surface area contributed by atoms with Gasteiger partial charge in [-0.25, -0.2) is 4.79 Å². The van der Waals surface area contributed by atoms with Gasteiger partial charge in [0.05, 0.1) is 3.79 Å². The normalized spacial score (nSPS) is 11.2. The Balaban J connectivity index is 2.32. The zero-order valence-electron chi connectivity index (χ0n) is 8.88. The van der Waals surface area contributed by atoms with Crippen LogP contribution in [0.2, 0.25) is 0 Å². The molecule has 2 aromatic heterocycles. The number of carboxylic acids is 1. The first-order chi connectivity index (χ1) is 8.60. The molecule has 0 atom stereocenters. The molecule has 0 aliphatic carbocycles. The monoisotopic (exact) mass is 339 g/mol. The van der Waals surface area contributed by atoms with Gasteiger partial charge >= 0.3 is 5.97 Å². The highest BCUT2D eigenvalue weighted by molar-refractivity contribution is 9.11. The van der Waals surface area contributed by atoms with Crippen LogP contribution in [-0.4, -0.2) is 11.1 Å². The lowest BCUT2D eigenvalue weighted by atomic mass is 10.2. The van der Waals surface area contributed by atoms with Gasteiger partial charge in [-0.2, -0.15) is 5.26 Å². The average Bonchev–Trinajstić information content (AvgIpc) is 2.94. The van der Waals surface area contributed by atoms with Crippen LogP contribution in [0, 0.1) is 11.3 Å². The SMILES string of the molecule is N#CC(=Cc1ccc(-c2ccc(Br)s2)s1)C(=O)O. The average molecular weight is 340 g/mol. The Morgan fingerprint density at radius 2 is 1.94 bits per heavy atom. The molecule has 0 bridgehead atoms. The fourth-order valence-electron chi connectivity index (χ4n) is 1.29. The summed E-state index contributed by atoms with van der Waals surface area (Å²) in [5.41, 5.74) is -0.254. The predicted molar refractivity (Wildman–Crippen MR) is 76.6 cm³/mol. The zero-order chi connectivity index (χ0) is 13.1. The molecule has 0 aliphatic heterocycles. The lowest BCUT2D eigenvalue weighted by Gasteiger charge is -1.89. The number of carboxylic acid groups (broad SMARTS) is 1. The molecule has 0 unspecified atom stereocenters. The number of nitriles is 1. The summed E-state index contributed by atoms with van der Waals surface area (Å²) in [7, 11) is 0. The molecule has 0 aliphatic rings. The van der Waals surface area contributed by atoms with Crippen LogP contribution in [0.4, 0.5) is 0 Å². The summed E-state index contributed by atoms with van der Waals surface area (Å²) in [6.07, 6.45) is 1.39. The van der Waals surface area contributed by atoms with Crippen molar-refractivity contribution < 1.29 is 9.90 Å². The van der Waals surface area contributed by atoms with E-state index in [0.29, 0.717) is 0 Å². The van der Waals surface area contributed by atoms with Crippen molar-refractivity contribution in [3.8, 4) is 15.8 Å². The standard InChI is InChI=1S/C12H6BrNO2S2/c13-11-4-3-10(18-11)9-2-1-8(17-9)5-7(6-14)12(15)16/h1-5H,(H,15,16). The summed E-state index contributed by atoms with van der Waals surface area (Å²) < 4.78 is 1.05. The van der Waals surface area contributed by atoms with E-state index < -0.39 is 5.97 Å². The van der Waals surface area contributed by atoms with Crippen molar-refractivity contribution in [3.05, 3.63) is 38.5 Å². The molecule has 3 nitrogen and oxygen atoms in total. The van der Waals surface area contributed by atoms with Crippen LogP contribution in [0.3, 0.4) is 0 Å². The Kier molecular flexibility index (Phi) is 3.97. The molecule has 18 heavy (non-hydrogen) atoms. The largest absolute Gasteiger partial charge is 0.477 e. The molecular weight excluding hydrogens is 334 g/mol. The Morgan fingerprint density at radius 1 is 1.28 bits per heavy atom. The lowest BCUT2D eigenvalue weighted by Crippen LogP contribution is -1.96. The van der Waals surface area contributed by atoms with E-state index in [-0.39, 0.29) is 5.57 Å². The molecule has 0 fully saturated rings. The number of hydrogen-bond acceptors (Lipinski definition) is 4. The Bertz CT molecular complexity index is 664. The van der Waals surface area contributed by atoms with Crippen LogP contribution >= 0.6 is 38.6 Å². The van der Waals surface area contributed by atoms with E-state index in [1.54, 1.807) is 17.4 Å². The number of aliphatic carboxylic acids is 1. The van der Waals surface area contributed by atoms with Crippen molar-refractivity contribution in [3.63, 3.8) is 0 Å². The Labute approximate surface area is 120 Å². The summed E-state index contributed by atoms with van der Waals surface area (Å²) >= 11 is 6.47. The first-order valence-electron chi connectivity index (χ1n) is 4.81. The highest BCUT2D eigenvalue weighted by Crippen LogP contribution is 2.36. The van der Waals surface area contributed by atoms with E-state index in [1.807, 2.05) is 24.3 Å². The van der Waals surface area contributed by atoms with Crippen molar-refractivity contribution in [1.82, 2.24) is 0 Å². The van der Waals surface area contributed by atoms with Gasteiger partial charge in [0.25, 0.3) is 0 Å². The maximum atomic E-state index is 10.7. The van der Waals surface area contributed by atoms with Crippen LogP contribution in [0.5, 0.6) is 0 Å². The van der Waals surface area contributed by atoms with Crippen LogP contribution < -0.4 is 0 Å². The number of nitrogens with zero attached hydrogens (tertiary/aromatic N) is 1. The fraction of sp³-hybridized carbons (Fsp3) is 0. The summed E-state index contributed by atoms with van der Waals surface area (Å²) in [4.78, 5) is 13.6. The molecule has 2 heterocycles. The van der Waals surface area contributed by atoms with Gasteiger partial charge in [0.15, 0.2) is 0 Å². The molecule has 0 radical (unpaired) electrons. The van der Waals surface area contributed by atoms with Gasteiger partial charge in [-0.3, -0.25) is 0 Å². The summed E-state index contributed by atoms with van der Waals surface area (Å²) in [5, 5.41) is 17.5. The Hall–Kier alpha value is -1.42. The van der Waals surface area contributed by atoms with Crippen molar-refractivity contribution in [2.24, 2.45) is 0 Å². The van der Waals surface area contributed by atoms with Crippen molar-refractivity contribution in [1.29, 1.82) is 5.26 Å². The van der Waals surface area contributed by atoms with Gasteiger partial charge in [-0.15, -0.1) is 22.7 Å². The quantitative estimate of drug-likeness (QED) is 0.672. The maximum absolute atomic E-state index is 10.7. The second-order valence-corrected chi connectivity index (χ2v) is 6.86. The van der Waals surface area contributed by atoms with Gasteiger partial charge in [0.2, 0.25) is 0 Å². The minimum absolute atomic E-state index is 0.254. The predicted octanol–water partition coefficient (Wildman–Crippen LogP) is 4.23. The van der Waals surface area contributed by atoms with Gasteiger partial charge in [0, 0.05) is 14.6 Å². The second kappa shape index (κ2) is 5.48. The first-order valence-corrected chi connectivity index (χ1v) is 7.23. The van der Waals surface area contributed by atoms with Crippen LogP contribution in [0.25, 0.3) is 15.8 Å². The van der Waals surface area contributed by atoms with Crippen molar-refractivity contribution >= 4 is 50.6 Å². The number of rotatable bonds is 3. The number of carbonyl (C=O) groups is 1. The fourth-order valence-corrected chi connectivity index (χ4v) is 3.72. The molecule has 2 aromatic rings. The molecule has 0 aromatic carbocycles. The van der Waals surface area contributed by atoms with Gasteiger partial charge in [-0.1, -0.05) is 0 Å². The topological polar surface area (TPSA) is 61.1 Å². The van der Waals surface area contributed by atoms with Crippen LogP contribution in [0.1, 0.15) is 4.88 Å². The highest BCUT2D eigenvalue weighted by Gasteiger charge is 2.08. The number of thiophene rings is 2.